The molecule has 8 heteroatoms. The third-order valence-corrected chi connectivity index (χ3v) is 4.24. The Balaban J connectivity index is 2.03. The molecule has 1 N–H and O–H groups in total. The summed E-state index contributed by atoms with van der Waals surface area (Å²) in [6.45, 7) is 2.35. The largest absolute Gasteiger partial charge is 0.493 e. The van der Waals surface area contributed by atoms with Crippen molar-refractivity contribution in [2.24, 2.45) is 0 Å². The van der Waals surface area contributed by atoms with Crippen molar-refractivity contribution < 1.29 is 27.4 Å². The van der Waals surface area contributed by atoms with E-state index in [1.54, 1.807) is 36.4 Å². The van der Waals surface area contributed by atoms with Crippen LogP contribution in [0.2, 0.25) is 0 Å². The highest BCUT2D eigenvalue weighted by Crippen LogP contribution is 2.38. The van der Waals surface area contributed by atoms with Crippen LogP contribution >= 0.6 is 0 Å². The van der Waals surface area contributed by atoms with Gasteiger partial charge >= 0.3 is 6.18 Å². The second-order valence-electron chi connectivity index (χ2n) is 6.72. The van der Waals surface area contributed by atoms with Crippen molar-refractivity contribution in [3.63, 3.8) is 0 Å². The van der Waals surface area contributed by atoms with Gasteiger partial charge in [-0.3, -0.25) is 4.79 Å². The number of hydrogen-bond donors (Lipinski definition) is 1. The second kappa shape index (κ2) is 7.61. The van der Waals surface area contributed by atoms with Crippen LogP contribution in [-0.4, -0.2) is 36.7 Å². The van der Waals surface area contributed by atoms with Crippen LogP contribution in [-0.2, 0) is 0 Å². The number of ether oxygens (including phenoxy) is 2. The van der Waals surface area contributed by atoms with E-state index in [0.717, 1.165) is 4.90 Å². The van der Waals surface area contributed by atoms with Crippen LogP contribution in [0.3, 0.4) is 0 Å². The average Bonchev–Trinajstić information content (AvgIpc) is 2.63. The predicted molar refractivity (Wildman–Crippen MR) is 98.7 cm³/mol. The molecule has 0 saturated carbocycles. The fourth-order valence-electron chi connectivity index (χ4n) is 3.12. The quantitative estimate of drug-likeness (QED) is 0.805. The molecule has 0 aromatic heterocycles. The van der Waals surface area contributed by atoms with Gasteiger partial charge in [-0.1, -0.05) is 18.2 Å². The molecule has 0 radical (unpaired) electrons. The van der Waals surface area contributed by atoms with Crippen molar-refractivity contribution in [1.29, 1.82) is 0 Å². The van der Waals surface area contributed by atoms with Gasteiger partial charge in [0.25, 0.3) is 5.91 Å². The standard InChI is InChI=1S/C20H21F3N2O3/c1-12(2)28-16-9-8-13(10-17(16)27-3)18-24-15-7-5-4-6-14(15)19(26)25(18)11-20(21,22)23/h4-10,12,18,24H,11H2,1-3H3. The number of nitrogens with one attached hydrogen (secondary N) is 1. The molecular weight excluding hydrogens is 373 g/mol. The first-order valence-corrected chi connectivity index (χ1v) is 8.77. The SMILES string of the molecule is COc1cc(C2Nc3ccccc3C(=O)N2CC(F)(F)F)ccc1OC(C)C. The molecule has 1 aliphatic rings. The van der Waals surface area contributed by atoms with Crippen LogP contribution in [0.15, 0.2) is 42.5 Å². The molecule has 0 saturated heterocycles. The van der Waals surface area contributed by atoms with Gasteiger partial charge in [-0.15, -0.1) is 0 Å². The van der Waals surface area contributed by atoms with Gasteiger partial charge in [0.05, 0.1) is 18.8 Å². The highest BCUT2D eigenvalue weighted by molar-refractivity contribution is 6.01. The second-order valence-corrected chi connectivity index (χ2v) is 6.72. The first-order chi connectivity index (χ1) is 13.2. The van der Waals surface area contributed by atoms with Crippen molar-refractivity contribution in [2.75, 3.05) is 19.0 Å². The number of carbonyl (C=O) groups excluding carboxylic acids is 1. The van der Waals surface area contributed by atoms with Crippen molar-refractivity contribution >= 4 is 11.6 Å². The van der Waals surface area contributed by atoms with E-state index in [-0.39, 0.29) is 11.7 Å². The van der Waals surface area contributed by atoms with E-state index in [0.29, 0.717) is 22.7 Å². The average molecular weight is 394 g/mol. The monoisotopic (exact) mass is 394 g/mol. The molecule has 5 nitrogen and oxygen atoms in total. The third kappa shape index (κ3) is 4.16. The van der Waals surface area contributed by atoms with Crippen molar-refractivity contribution in [1.82, 2.24) is 4.90 Å². The summed E-state index contributed by atoms with van der Waals surface area (Å²) < 4.78 is 50.5. The van der Waals surface area contributed by atoms with Crippen molar-refractivity contribution in [3.8, 4) is 11.5 Å². The summed E-state index contributed by atoms with van der Waals surface area (Å²) in [5.74, 6) is 0.176. The molecular formula is C20H21F3N2O3. The lowest BCUT2D eigenvalue weighted by Gasteiger charge is -2.38. The van der Waals surface area contributed by atoms with Gasteiger partial charge in [0.15, 0.2) is 11.5 Å². The molecule has 1 amide bonds. The number of alkyl halides is 3. The zero-order valence-electron chi connectivity index (χ0n) is 15.7. The molecule has 1 heterocycles. The van der Waals surface area contributed by atoms with E-state index in [2.05, 4.69) is 5.32 Å². The molecule has 1 aliphatic heterocycles. The maximum Gasteiger partial charge on any atom is 0.406 e. The molecule has 2 aromatic rings. The van der Waals surface area contributed by atoms with Gasteiger partial charge in [0, 0.05) is 5.69 Å². The Kier molecular flexibility index (Phi) is 5.40. The van der Waals surface area contributed by atoms with Crippen molar-refractivity contribution in [2.45, 2.75) is 32.3 Å². The van der Waals surface area contributed by atoms with E-state index in [1.165, 1.54) is 13.2 Å². The summed E-state index contributed by atoms with van der Waals surface area (Å²) in [4.78, 5) is 13.6. The minimum absolute atomic E-state index is 0.0947. The number of rotatable bonds is 5. The number of hydrogen-bond acceptors (Lipinski definition) is 4. The Morgan fingerprint density at radius 2 is 1.86 bits per heavy atom. The highest BCUT2D eigenvalue weighted by atomic mass is 19.4. The Labute approximate surface area is 161 Å². The number of amides is 1. The summed E-state index contributed by atoms with van der Waals surface area (Å²) in [6, 6.07) is 11.3. The third-order valence-electron chi connectivity index (χ3n) is 4.24. The van der Waals surface area contributed by atoms with Crippen LogP contribution in [0.4, 0.5) is 18.9 Å². The van der Waals surface area contributed by atoms with Gasteiger partial charge in [-0.05, 0) is 43.7 Å². The van der Waals surface area contributed by atoms with Gasteiger partial charge in [0.1, 0.15) is 12.7 Å². The smallest absolute Gasteiger partial charge is 0.406 e. The zero-order valence-corrected chi connectivity index (χ0v) is 15.7. The maximum atomic E-state index is 13.2. The minimum atomic E-state index is -4.54. The summed E-state index contributed by atoms with van der Waals surface area (Å²) in [7, 11) is 1.45. The predicted octanol–water partition coefficient (Wildman–Crippen LogP) is 4.61. The Morgan fingerprint density at radius 1 is 1.14 bits per heavy atom. The van der Waals surface area contributed by atoms with Gasteiger partial charge < -0.3 is 19.7 Å². The number of methoxy groups -OCH3 is 1. The van der Waals surface area contributed by atoms with Gasteiger partial charge in [0.2, 0.25) is 0 Å². The summed E-state index contributed by atoms with van der Waals surface area (Å²) in [5, 5.41) is 3.04. The molecule has 0 spiro atoms. The summed E-state index contributed by atoms with van der Waals surface area (Å²) in [5.41, 5.74) is 1.15. The zero-order chi connectivity index (χ0) is 20.5. The molecule has 1 unspecified atom stereocenters. The van der Waals surface area contributed by atoms with Crippen LogP contribution in [0.25, 0.3) is 0 Å². The fourth-order valence-corrected chi connectivity index (χ4v) is 3.12. The lowest BCUT2D eigenvalue weighted by Crippen LogP contribution is -2.47. The number of benzene rings is 2. The number of anilines is 1. The van der Waals surface area contributed by atoms with Crippen LogP contribution in [0.5, 0.6) is 11.5 Å². The lowest BCUT2D eigenvalue weighted by atomic mass is 10.0. The Bertz CT molecular complexity index is 868. The van der Waals surface area contributed by atoms with Crippen LogP contribution in [0, 0.1) is 0 Å². The van der Waals surface area contributed by atoms with Crippen LogP contribution < -0.4 is 14.8 Å². The first kappa shape index (κ1) is 19.9. The number of fused-ring (bicyclic) bond motifs is 1. The number of nitrogens with zero attached hydrogens (tertiary/aromatic N) is 1. The Hall–Kier alpha value is -2.90. The molecule has 1 atom stereocenters. The van der Waals surface area contributed by atoms with Crippen LogP contribution in [0.1, 0.15) is 35.9 Å². The number of carbonyl (C=O) groups is 1. The van der Waals surface area contributed by atoms with E-state index in [4.69, 9.17) is 9.47 Å². The number of para-hydroxylation sites is 1. The molecule has 3 rings (SSSR count). The number of halogens is 3. The molecule has 0 aliphatic carbocycles. The molecule has 2 aromatic carbocycles. The van der Waals surface area contributed by atoms with E-state index in [9.17, 15) is 18.0 Å². The fraction of sp³-hybridized carbons (Fsp3) is 0.350. The Morgan fingerprint density at radius 3 is 2.50 bits per heavy atom. The first-order valence-electron chi connectivity index (χ1n) is 8.77. The van der Waals surface area contributed by atoms with Gasteiger partial charge in [-0.25, -0.2) is 0 Å². The van der Waals surface area contributed by atoms with E-state index in [1.807, 2.05) is 13.8 Å². The van der Waals surface area contributed by atoms with Crippen molar-refractivity contribution in [3.05, 3.63) is 53.6 Å². The molecule has 28 heavy (non-hydrogen) atoms. The molecule has 0 fully saturated rings. The van der Waals surface area contributed by atoms with Gasteiger partial charge in [-0.2, -0.15) is 13.2 Å². The maximum absolute atomic E-state index is 13.2. The highest BCUT2D eigenvalue weighted by Gasteiger charge is 2.40. The molecule has 150 valence electrons. The molecule has 0 bridgehead atoms. The lowest BCUT2D eigenvalue weighted by molar-refractivity contribution is -0.144. The van der Waals surface area contributed by atoms with E-state index >= 15 is 0 Å². The summed E-state index contributed by atoms with van der Waals surface area (Å²) >= 11 is 0. The van der Waals surface area contributed by atoms with E-state index < -0.39 is 24.8 Å². The topological polar surface area (TPSA) is 50.8 Å². The normalized spacial score (nSPS) is 16.6. The summed E-state index contributed by atoms with van der Waals surface area (Å²) in [6.07, 6.45) is -5.62. The minimum Gasteiger partial charge on any atom is -0.493 e.